The number of halogens is 1. The van der Waals surface area contributed by atoms with Gasteiger partial charge < -0.3 is 29.7 Å². The van der Waals surface area contributed by atoms with Crippen LogP contribution < -0.4 is 10.5 Å². The number of benzene rings is 1. The fraction of sp³-hybridized carbons (Fsp3) is 0.346. The normalized spacial score (nSPS) is 16.9. The lowest BCUT2D eigenvalue weighted by molar-refractivity contribution is 0.0273. The average molecular weight is 498 g/mol. The van der Waals surface area contributed by atoms with Gasteiger partial charge in [0.1, 0.15) is 28.8 Å². The molecule has 0 saturated carbocycles. The molecule has 1 aliphatic rings. The minimum absolute atomic E-state index is 0.228. The predicted octanol–water partition coefficient (Wildman–Crippen LogP) is 3.05. The van der Waals surface area contributed by atoms with Gasteiger partial charge in [-0.1, -0.05) is 12.1 Å². The van der Waals surface area contributed by atoms with Crippen molar-refractivity contribution in [2.24, 2.45) is 10.7 Å². The van der Waals surface area contributed by atoms with E-state index in [1.54, 1.807) is 49.6 Å². The van der Waals surface area contributed by atoms with E-state index in [-0.39, 0.29) is 29.3 Å². The summed E-state index contributed by atoms with van der Waals surface area (Å²) in [7, 11) is 4.68. The number of pyridine rings is 1. The Labute approximate surface area is 210 Å². The highest BCUT2D eigenvalue weighted by Crippen LogP contribution is 2.30. The lowest BCUT2D eigenvalue weighted by atomic mass is 10.1. The molecule has 3 rings (SSSR count). The number of rotatable bonds is 9. The van der Waals surface area contributed by atoms with Gasteiger partial charge in [0.2, 0.25) is 0 Å². The number of carbonyl (C=O) groups is 1. The summed E-state index contributed by atoms with van der Waals surface area (Å²) in [6, 6.07) is 7.40. The second-order valence-electron chi connectivity index (χ2n) is 8.21. The van der Waals surface area contributed by atoms with Gasteiger partial charge in [0.15, 0.2) is 0 Å². The molecule has 1 saturated heterocycles. The minimum Gasteiger partial charge on any atom is -0.496 e. The lowest BCUT2D eigenvalue weighted by Gasteiger charge is -2.42. The molecule has 36 heavy (non-hydrogen) atoms. The van der Waals surface area contributed by atoms with Crippen LogP contribution >= 0.6 is 0 Å². The SMILES string of the molecule is C=N/C(N)=C\C(OC)=C(/C)N1CCN(C(=O)c2cc(OC)c(-c3ccc(F)cc3)cn2)[C@@H](COC)C1. The van der Waals surface area contributed by atoms with Crippen LogP contribution in [0.4, 0.5) is 4.39 Å². The molecular formula is C26H32FN5O4. The third kappa shape index (κ3) is 6.01. The summed E-state index contributed by atoms with van der Waals surface area (Å²) in [5.74, 6) is 0.733. The number of aromatic nitrogens is 1. The van der Waals surface area contributed by atoms with Crippen molar-refractivity contribution in [3.8, 4) is 16.9 Å². The number of aliphatic imine (C=N–C) groups is 1. The Balaban J connectivity index is 1.85. The van der Waals surface area contributed by atoms with Crippen molar-refractivity contribution in [3.63, 3.8) is 0 Å². The summed E-state index contributed by atoms with van der Waals surface area (Å²) in [6.45, 7) is 7.24. The lowest BCUT2D eigenvalue weighted by Crippen LogP contribution is -2.56. The van der Waals surface area contributed by atoms with E-state index in [9.17, 15) is 9.18 Å². The first-order valence-electron chi connectivity index (χ1n) is 11.4. The van der Waals surface area contributed by atoms with E-state index in [1.807, 2.05) is 6.92 Å². The summed E-state index contributed by atoms with van der Waals surface area (Å²) in [5.41, 5.74) is 8.31. The highest BCUT2D eigenvalue weighted by molar-refractivity contribution is 5.94. The van der Waals surface area contributed by atoms with Crippen LogP contribution in [0.5, 0.6) is 5.75 Å². The molecule has 1 aliphatic heterocycles. The number of piperazine rings is 1. The van der Waals surface area contributed by atoms with Crippen molar-refractivity contribution in [1.29, 1.82) is 0 Å². The van der Waals surface area contributed by atoms with Crippen LogP contribution in [0.15, 0.2) is 64.9 Å². The second-order valence-corrected chi connectivity index (χ2v) is 8.21. The first kappa shape index (κ1) is 26.7. The van der Waals surface area contributed by atoms with Crippen molar-refractivity contribution in [2.45, 2.75) is 13.0 Å². The van der Waals surface area contributed by atoms with Gasteiger partial charge in [-0.15, -0.1) is 0 Å². The van der Waals surface area contributed by atoms with Crippen LogP contribution in [-0.2, 0) is 9.47 Å². The van der Waals surface area contributed by atoms with E-state index in [2.05, 4.69) is 21.6 Å². The van der Waals surface area contributed by atoms with E-state index in [0.717, 1.165) is 11.3 Å². The number of nitrogens with two attached hydrogens (primary N) is 1. The fourth-order valence-corrected chi connectivity index (χ4v) is 4.13. The van der Waals surface area contributed by atoms with Crippen LogP contribution in [0.3, 0.4) is 0 Å². The molecule has 1 fully saturated rings. The van der Waals surface area contributed by atoms with Gasteiger partial charge in [-0.25, -0.2) is 9.38 Å². The van der Waals surface area contributed by atoms with Crippen LogP contribution in [0, 0.1) is 5.82 Å². The smallest absolute Gasteiger partial charge is 0.273 e. The maximum Gasteiger partial charge on any atom is 0.273 e. The maximum absolute atomic E-state index is 13.5. The molecule has 9 nitrogen and oxygen atoms in total. The number of hydrogen-bond donors (Lipinski definition) is 1. The van der Waals surface area contributed by atoms with Gasteiger partial charge in [0, 0.05) is 50.6 Å². The van der Waals surface area contributed by atoms with Crippen molar-refractivity contribution >= 4 is 12.6 Å². The van der Waals surface area contributed by atoms with Crippen LogP contribution in [0.2, 0.25) is 0 Å². The van der Waals surface area contributed by atoms with E-state index >= 15 is 0 Å². The summed E-state index contributed by atoms with van der Waals surface area (Å²) in [5, 5.41) is 0. The number of ether oxygens (including phenoxy) is 3. The first-order chi connectivity index (χ1) is 17.3. The summed E-state index contributed by atoms with van der Waals surface area (Å²) >= 11 is 0. The van der Waals surface area contributed by atoms with Gasteiger partial charge in [-0.05, 0) is 31.3 Å². The molecule has 2 heterocycles. The molecule has 10 heteroatoms. The van der Waals surface area contributed by atoms with Crippen molar-refractivity contribution in [1.82, 2.24) is 14.8 Å². The van der Waals surface area contributed by atoms with Gasteiger partial charge >= 0.3 is 0 Å². The highest BCUT2D eigenvalue weighted by atomic mass is 19.1. The van der Waals surface area contributed by atoms with Gasteiger partial charge in [0.25, 0.3) is 5.91 Å². The summed E-state index contributed by atoms with van der Waals surface area (Å²) in [6.07, 6.45) is 3.19. The Hall–Kier alpha value is -3.92. The molecule has 192 valence electrons. The molecule has 0 unspecified atom stereocenters. The maximum atomic E-state index is 13.5. The first-order valence-corrected chi connectivity index (χ1v) is 11.4. The number of carbonyl (C=O) groups excluding carboxylic acids is 1. The summed E-state index contributed by atoms with van der Waals surface area (Å²) in [4.78, 5) is 25.5. The third-order valence-corrected chi connectivity index (χ3v) is 6.08. The zero-order valence-corrected chi connectivity index (χ0v) is 21.0. The van der Waals surface area contributed by atoms with Gasteiger partial charge in [-0.2, -0.15) is 0 Å². The van der Waals surface area contributed by atoms with E-state index < -0.39 is 0 Å². The molecule has 1 aromatic heterocycles. The molecule has 1 atom stereocenters. The zero-order valence-electron chi connectivity index (χ0n) is 21.0. The highest BCUT2D eigenvalue weighted by Gasteiger charge is 2.33. The number of nitrogens with zero attached hydrogens (tertiary/aromatic N) is 4. The van der Waals surface area contributed by atoms with Crippen LogP contribution in [-0.4, -0.2) is 81.0 Å². The standard InChI is InChI=1S/C26H32FN5O4/c1-17(23(35-4)13-25(28)29-2)31-10-11-32(20(15-31)16-34-3)26(33)22-12-24(36-5)21(14-30-22)18-6-8-19(27)9-7-18/h6-9,12-14,20H,2,10-11,15-16,28H2,1,3-5H3/b23-17-,25-13-/t20-/m1/s1. The van der Waals surface area contributed by atoms with Crippen molar-refractivity contribution < 1.29 is 23.4 Å². The largest absolute Gasteiger partial charge is 0.496 e. The van der Waals surface area contributed by atoms with Gasteiger partial charge in [0.05, 0.1) is 32.6 Å². The Morgan fingerprint density at radius 3 is 2.61 bits per heavy atom. The minimum atomic E-state index is -0.333. The van der Waals surface area contributed by atoms with E-state index in [0.29, 0.717) is 43.3 Å². The van der Waals surface area contributed by atoms with Crippen LogP contribution in [0.25, 0.3) is 11.1 Å². The number of hydrogen-bond acceptors (Lipinski definition) is 8. The molecule has 2 aromatic rings. The molecule has 0 spiro atoms. The molecule has 0 aliphatic carbocycles. The Kier molecular flexibility index (Phi) is 9.02. The topological polar surface area (TPSA) is 103 Å². The monoisotopic (exact) mass is 497 g/mol. The molecule has 0 radical (unpaired) electrons. The fourth-order valence-electron chi connectivity index (χ4n) is 4.13. The number of methoxy groups -OCH3 is 3. The third-order valence-electron chi connectivity index (χ3n) is 6.08. The quantitative estimate of drug-likeness (QED) is 0.323. The molecule has 2 N–H and O–H groups in total. The number of allylic oxidation sites excluding steroid dienone is 2. The second kappa shape index (κ2) is 12.2. The van der Waals surface area contributed by atoms with Crippen LogP contribution in [0.1, 0.15) is 17.4 Å². The molecule has 1 amide bonds. The van der Waals surface area contributed by atoms with Gasteiger partial charge in [-0.3, -0.25) is 9.78 Å². The van der Waals surface area contributed by atoms with Crippen molar-refractivity contribution in [3.05, 3.63) is 71.4 Å². The number of amides is 1. The molecule has 1 aromatic carbocycles. The Morgan fingerprint density at radius 2 is 2.00 bits per heavy atom. The Bertz CT molecular complexity index is 1150. The van der Waals surface area contributed by atoms with Crippen molar-refractivity contribution in [2.75, 3.05) is 47.6 Å². The molecular weight excluding hydrogens is 465 g/mol. The Morgan fingerprint density at radius 1 is 1.28 bits per heavy atom. The molecule has 0 bridgehead atoms. The summed E-state index contributed by atoms with van der Waals surface area (Å²) < 4.78 is 29.8. The van der Waals surface area contributed by atoms with E-state index in [1.165, 1.54) is 19.2 Å². The zero-order chi connectivity index (χ0) is 26.2. The predicted molar refractivity (Wildman–Crippen MR) is 136 cm³/mol. The van der Waals surface area contributed by atoms with E-state index in [4.69, 9.17) is 19.9 Å². The average Bonchev–Trinajstić information content (AvgIpc) is 2.91.